The monoisotopic (exact) mass is 269 g/mol. The molecule has 1 saturated heterocycles. The summed E-state index contributed by atoms with van der Waals surface area (Å²) in [5, 5.41) is 3.30. The van der Waals surface area contributed by atoms with Gasteiger partial charge in [-0.3, -0.25) is 4.79 Å². The smallest absolute Gasteiger partial charge is 0.308 e. The van der Waals surface area contributed by atoms with Crippen molar-refractivity contribution in [3.63, 3.8) is 0 Å². The van der Waals surface area contributed by atoms with Gasteiger partial charge in [-0.15, -0.1) is 0 Å². The molecule has 0 amide bonds. The molecular weight excluding hydrogens is 242 g/mol. The van der Waals surface area contributed by atoms with Crippen molar-refractivity contribution in [3.8, 4) is 0 Å². The van der Waals surface area contributed by atoms with Gasteiger partial charge in [-0.1, -0.05) is 13.3 Å². The van der Waals surface area contributed by atoms with Crippen LogP contribution in [0.15, 0.2) is 0 Å². The lowest BCUT2D eigenvalue weighted by Crippen LogP contribution is -2.33. The van der Waals surface area contributed by atoms with Crippen LogP contribution < -0.4 is 5.32 Å². The average molecular weight is 269 g/mol. The van der Waals surface area contributed by atoms with E-state index in [0.717, 1.165) is 32.4 Å². The Morgan fingerprint density at radius 3 is 2.63 bits per heavy atom. The molecule has 2 rings (SSSR count). The molecule has 1 aliphatic carbocycles. The van der Waals surface area contributed by atoms with E-state index in [9.17, 15) is 4.79 Å². The van der Waals surface area contributed by atoms with Gasteiger partial charge in [-0.2, -0.15) is 0 Å². The molecule has 0 aromatic carbocycles. The third kappa shape index (κ3) is 5.11. The second-order valence-electron chi connectivity index (χ2n) is 5.86. The van der Waals surface area contributed by atoms with Crippen LogP contribution in [0.4, 0.5) is 0 Å². The van der Waals surface area contributed by atoms with Crippen LogP contribution in [0.2, 0.25) is 0 Å². The van der Waals surface area contributed by atoms with Crippen LogP contribution in [0.3, 0.4) is 0 Å². The van der Waals surface area contributed by atoms with Crippen LogP contribution in [-0.2, 0) is 14.3 Å². The summed E-state index contributed by atoms with van der Waals surface area (Å²) in [6.45, 7) is 4.73. The minimum atomic E-state index is -0.0901. The molecule has 1 heterocycles. The lowest BCUT2D eigenvalue weighted by atomic mass is 9.88. The van der Waals surface area contributed by atoms with Crippen molar-refractivity contribution < 1.29 is 14.3 Å². The highest BCUT2D eigenvalue weighted by Gasteiger charge is 2.24. The molecule has 0 aromatic heterocycles. The lowest BCUT2D eigenvalue weighted by molar-refractivity contribution is -0.155. The zero-order valence-electron chi connectivity index (χ0n) is 12.0. The minimum absolute atomic E-state index is 0.0901. The molecule has 0 radical (unpaired) electrons. The number of ether oxygens (including phenoxy) is 2. The number of carbonyl (C=O) groups is 1. The number of nitrogens with one attached hydrogen (secondary N) is 1. The van der Waals surface area contributed by atoms with Crippen molar-refractivity contribution in [2.45, 2.75) is 64.1 Å². The second kappa shape index (κ2) is 7.85. The molecule has 110 valence electrons. The first-order valence-corrected chi connectivity index (χ1v) is 7.77. The largest absolute Gasteiger partial charge is 0.462 e. The van der Waals surface area contributed by atoms with Gasteiger partial charge in [0.1, 0.15) is 6.10 Å². The molecule has 0 aromatic rings. The fraction of sp³-hybridized carbons (Fsp3) is 0.933. The third-order valence-electron chi connectivity index (χ3n) is 4.26. The molecule has 2 atom stereocenters. The summed E-state index contributed by atoms with van der Waals surface area (Å²) >= 11 is 0. The minimum Gasteiger partial charge on any atom is -0.462 e. The maximum atomic E-state index is 11.8. The van der Waals surface area contributed by atoms with Crippen LogP contribution in [-0.4, -0.2) is 37.9 Å². The van der Waals surface area contributed by atoms with Crippen LogP contribution >= 0.6 is 0 Å². The van der Waals surface area contributed by atoms with E-state index >= 15 is 0 Å². The Morgan fingerprint density at radius 1 is 1.16 bits per heavy atom. The summed E-state index contributed by atoms with van der Waals surface area (Å²) in [5.41, 5.74) is 0. The van der Waals surface area contributed by atoms with E-state index in [1.807, 2.05) is 0 Å². The zero-order valence-corrected chi connectivity index (χ0v) is 12.0. The summed E-state index contributed by atoms with van der Waals surface area (Å²) in [7, 11) is 0. The Balaban J connectivity index is 1.58. The molecule has 1 saturated carbocycles. The van der Waals surface area contributed by atoms with Crippen LogP contribution in [0.25, 0.3) is 0 Å². The molecule has 2 unspecified atom stereocenters. The van der Waals surface area contributed by atoms with Gasteiger partial charge in [0.2, 0.25) is 0 Å². The Morgan fingerprint density at radius 2 is 1.89 bits per heavy atom. The number of esters is 1. The SMILES string of the molecule is CC1CCCCC1OC(=O)CCOC1CCNCC1. The Kier molecular flexibility index (Phi) is 6.11. The fourth-order valence-corrected chi connectivity index (χ4v) is 2.96. The average Bonchev–Trinajstić information content (AvgIpc) is 2.43. The molecule has 4 nitrogen and oxygen atoms in total. The standard InChI is InChI=1S/C15H27NO3/c1-12-4-2-3-5-14(12)19-15(17)8-11-18-13-6-9-16-10-7-13/h12-14,16H,2-11H2,1H3. The Bertz CT molecular complexity index is 277. The van der Waals surface area contributed by atoms with Gasteiger partial charge in [-0.25, -0.2) is 0 Å². The number of hydrogen-bond acceptors (Lipinski definition) is 4. The normalized spacial score (nSPS) is 29.1. The third-order valence-corrected chi connectivity index (χ3v) is 4.26. The molecule has 1 N–H and O–H groups in total. The van der Waals surface area contributed by atoms with E-state index in [2.05, 4.69) is 12.2 Å². The number of piperidine rings is 1. The summed E-state index contributed by atoms with van der Waals surface area (Å²) in [4.78, 5) is 11.8. The predicted molar refractivity (Wildman–Crippen MR) is 74.0 cm³/mol. The van der Waals surface area contributed by atoms with Crippen molar-refractivity contribution in [2.75, 3.05) is 19.7 Å². The molecule has 2 fully saturated rings. The highest BCUT2D eigenvalue weighted by Crippen LogP contribution is 2.26. The molecule has 1 aliphatic heterocycles. The first-order chi connectivity index (χ1) is 9.25. The first-order valence-electron chi connectivity index (χ1n) is 7.77. The van der Waals surface area contributed by atoms with Gasteiger partial charge >= 0.3 is 5.97 Å². The summed E-state index contributed by atoms with van der Waals surface area (Å²) < 4.78 is 11.3. The van der Waals surface area contributed by atoms with Gasteiger partial charge < -0.3 is 14.8 Å². The molecule has 0 spiro atoms. The predicted octanol–water partition coefficient (Wildman–Crippen LogP) is 2.27. The van der Waals surface area contributed by atoms with Gasteiger partial charge in [0.25, 0.3) is 0 Å². The second-order valence-corrected chi connectivity index (χ2v) is 5.86. The van der Waals surface area contributed by atoms with Gasteiger partial charge in [0, 0.05) is 0 Å². The molecule has 2 aliphatic rings. The van der Waals surface area contributed by atoms with Crippen molar-refractivity contribution >= 4 is 5.97 Å². The van der Waals surface area contributed by atoms with Crippen molar-refractivity contribution in [2.24, 2.45) is 5.92 Å². The van der Waals surface area contributed by atoms with Crippen molar-refractivity contribution in [1.82, 2.24) is 5.32 Å². The van der Waals surface area contributed by atoms with Crippen molar-refractivity contribution in [1.29, 1.82) is 0 Å². The van der Waals surface area contributed by atoms with Crippen LogP contribution in [0.5, 0.6) is 0 Å². The topological polar surface area (TPSA) is 47.6 Å². The number of hydrogen-bond donors (Lipinski definition) is 1. The quantitative estimate of drug-likeness (QED) is 0.778. The van der Waals surface area contributed by atoms with Gasteiger partial charge in [-0.05, 0) is 51.1 Å². The van der Waals surface area contributed by atoms with E-state index in [4.69, 9.17) is 9.47 Å². The maximum absolute atomic E-state index is 11.8. The molecule has 4 heteroatoms. The number of rotatable bonds is 5. The number of carbonyl (C=O) groups excluding carboxylic acids is 1. The van der Waals surface area contributed by atoms with E-state index in [-0.39, 0.29) is 12.1 Å². The van der Waals surface area contributed by atoms with Crippen LogP contribution in [0.1, 0.15) is 51.9 Å². The van der Waals surface area contributed by atoms with Crippen molar-refractivity contribution in [3.05, 3.63) is 0 Å². The summed E-state index contributed by atoms with van der Waals surface area (Å²) in [6.07, 6.45) is 7.63. The fourth-order valence-electron chi connectivity index (χ4n) is 2.96. The zero-order chi connectivity index (χ0) is 13.5. The lowest BCUT2D eigenvalue weighted by Gasteiger charge is -2.28. The van der Waals surface area contributed by atoms with Gasteiger partial charge in [0.15, 0.2) is 0 Å². The van der Waals surface area contributed by atoms with E-state index in [1.54, 1.807) is 0 Å². The van der Waals surface area contributed by atoms with E-state index in [0.29, 0.717) is 25.0 Å². The highest BCUT2D eigenvalue weighted by atomic mass is 16.5. The van der Waals surface area contributed by atoms with E-state index in [1.165, 1.54) is 19.3 Å². The van der Waals surface area contributed by atoms with Crippen LogP contribution in [0, 0.1) is 5.92 Å². The summed E-state index contributed by atoms with van der Waals surface area (Å²) in [6, 6.07) is 0. The molecule has 19 heavy (non-hydrogen) atoms. The molecule has 0 bridgehead atoms. The Labute approximate surface area is 116 Å². The molecular formula is C15H27NO3. The Hall–Kier alpha value is -0.610. The van der Waals surface area contributed by atoms with E-state index < -0.39 is 0 Å². The highest BCUT2D eigenvalue weighted by molar-refractivity contribution is 5.69. The summed E-state index contributed by atoms with van der Waals surface area (Å²) in [5.74, 6) is 0.427. The van der Waals surface area contributed by atoms with Gasteiger partial charge in [0.05, 0.1) is 19.1 Å². The first kappa shape index (κ1) is 14.8. The maximum Gasteiger partial charge on any atom is 0.308 e.